The minimum Gasteiger partial charge on any atom is -0.319 e. The molecule has 0 aliphatic carbocycles. The Kier molecular flexibility index (Phi) is 3.91. The van der Waals surface area contributed by atoms with Crippen molar-refractivity contribution in [3.63, 3.8) is 0 Å². The molecule has 0 aromatic carbocycles. The maximum Gasteiger partial charge on any atom is 0.392 e. The minimum atomic E-state index is -4.55. The first-order valence-electron chi connectivity index (χ1n) is 3.01. The monoisotopic (exact) mass is 244 g/mol. The second-order valence-corrected chi connectivity index (χ2v) is 5.04. The fourth-order valence-electron chi connectivity index (χ4n) is 0.446. The summed E-state index contributed by atoms with van der Waals surface area (Å²) in [6.07, 6.45) is 0. The lowest BCUT2D eigenvalue weighted by Crippen LogP contribution is -2.19. The van der Waals surface area contributed by atoms with Gasteiger partial charge in [0.05, 0.1) is 4.83 Å². The van der Waals surface area contributed by atoms with Gasteiger partial charge in [-0.15, -0.1) is 0 Å². The van der Waals surface area contributed by atoms with Crippen LogP contribution in [-0.2, 0) is 9.36 Å². The topological polar surface area (TPSA) is 74.6 Å². The molecule has 0 rings (SSSR count). The predicted molar refractivity (Wildman–Crippen MR) is 44.6 cm³/mol. The van der Waals surface area contributed by atoms with Crippen molar-refractivity contribution in [1.29, 1.82) is 0 Å². The van der Waals surface area contributed by atoms with Crippen LogP contribution in [0.5, 0.6) is 0 Å². The highest BCUT2D eigenvalue weighted by Gasteiger charge is 2.33. The Labute approximate surface area is 73.3 Å². The summed E-state index contributed by atoms with van der Waals surface area (Å²) in [5.74, 6) is -0.116. The summed E-state index contributed by atoms with van der Waals surface area (Å²) in [4.78, 5) is 26.9. The molecule has 2 N–H and O–H groups in total. The van der Waals surface area contributed by atoms with Crippen LogP contribution in [0.25, 0.3) is 0 Å². The summed E-state index contributed by atoms with van der Waals surface area (Å²) in [6, 6.07) is 0. The van der Waals surface area contributed by atoms with Crippen LogP contribution in [0.4, 0.5) is 0 Å². The molecule has 0 aromatic rings. The van der Waals surface area contributed by atoms with Crippen molar-refractivity contribution < 1.29 is 19.1 Å². The summed E-state index contributed by atoms with van der Waals surface area (Å²) in [6.45, 7) is 3.40. The summed E-state index contributed by atoms with van der Waals surface area (Å²) in [5.41, 5.74) is -1.05. The van der Waals surface area contributed by atoms with Crippen LogP contribution in [0.1, 0.15) is 13.8 Å². The molecule has 0 saturated carbocycles. The fourth-order valence-corrected chi connectivity index (χ4v) is 1.87. The normalized spacial score (nSPS) is 15.1. The van der Waals surface area contributed by atoms with Gasteiger partial charge in [0.25, 0.3) is 5.52 Å². The summed E-state index contributed by atoms with van der Waals surface area (Å²) in [7, 11) is -4.55. The van der Waals surface area contributed by atoms with Crippen LogP contribution in [-0.4, -0.2) is 20.1 Å². The maximum absolute atomic E-state index is 10.8. The first-order valence-corrected chi connectivity index (χ1v) is 5.53. The third-order valence-corrected chi connectivity index (χ3v) is 3.79. The van der Waals surface area contributed by atoms with E-state index in [9.17, 15) is 9.36 Å². The predicted octanol–water partition coefficient (Wildman–Crippen LogP) is 1.11. The SMILES string of the molecule is CC(C)[C@@H](Br)C(=O)P(=O)(O)O. The number of halogens is 1. The molecule has 0 amide bonds. The third kappa shape index (κ3) is 3.47. The number of carbonyl (C=O) groups is 1. The maximum atomic E-state index is 10.8. The van der Waals surface area contributed by atoms with E-state index in [1.807, 2.05) is 0 Å². The van der Waals surface area contributed by atoms with E-state index in [0.29, 0.717) is 0 Å². The molecule has 0 spiro atoms. The van der Waals surface area contributed by atoms with Crippen molar-refractivity contribution in [3.8, 4) is 0 Å². The molecule has 0 aliphatic rings. The molecular formula is C5H10BrO4P. The molecule has 0 bridgehead atoms. The Bertz CT molecular complexity index is 197. The zero-order valence-corrected chi connectivity index (χ0v) is 8.67. The molecule has 4 nitrogen and oxygen atoms in total. The second kappa shape index (κ2) is 3.81. The fraction of sp³-hybridized carbons (Fsp3) is 0.800. The lowest BCUT2D eigenvalue weighted by atomic mass is 10.1. The Balaban J connectivity index is 4.39. The second-order valence-electron chi connectivity index (χ2n) is 2.53. The van der Waals surface area contributed by atoms with Crippen molar-refractivity contribution in [3.05, 3.63) is 0 Å². The van der Waals surface area contributed by atoms with Gasteiger partial charge in [0, 0.05) is 0 Å². The number of carbonyl (C=O) groups excluding carboxylic acids is 1. The van der Waals surface area contributed by atoms with Gasteiger partial charge < -0.3 is 9.79 Å². The van der Waals surface area contributed by atoms with E-state index in [1.165, 1.54) is 0 Å². The molecule has 0 fully saturated rings. The van der Waals surface area contributed by atoms with Crippen molar-refractivity contribution in [2.45, 2.75) is 18.7 Å². The van der Waals surface area contributed by atoms with Crippen molar-refractivity contribution in [1.82, 2.24) is 0 Å². The van der Waals surface area contributed by atoms with Gasteiger partial charge in [0.15, 0.2) is 0 Å². The highest BCUT2D eigenvalue weighted by atomic mass is 79.9. The van der Waals surface area contributed by atoms with E-state index in [-0.39, 0.29) is 5.92 Å². The van der Waals surface area contributed by atoms with Gasteiger partial charge in [-0.05, 0) is 5.92 Å². The molecule has 0 heterocycles. The third-order valence-electron chi connectivity index (χ3n) is 1.11. The van der Waals surface area contributed by atoms with Crippen LogP contribution in [0.2, 0.25) is 0 Å². The smallest absolute Gasteiger partial charge is 0.319 e. The summed E-state index contributed by atoms with van der Waals surface area (Å²) < 4.78 is 10.4. The van der Waals surface area contributed by atoms with Gasteiger partial charge in [0.2, 0.25) is 0 Å². The number of hydrogen-bond acceptors (Lipinski definition) is 2. The summed E-state index contributed by atoms with van der Waals surface area (Å²) in [5, 5.41) is 0. The van der Waals surface area contributed by atoms with Crippen LogP contribution in [0.15, 0.2) is 0 Å². The molecule has 0 aliphatic heterocycles. The van der Waals surface area contributed by atoms with E-state index in [1.54, 1.807) is 13.8 Å². The van der Waals surface area contributed by atoms with Crippen LogP contribution in [0.3, 0.4) is 0 Å². The van der Waals surface area contributed by atoms with Gasteiger partial charge in [0.1, 0.15) is 0 Å². The molecule has 0 radical (unpaired) electrons. The van der Waals surface area contributed by atoms with Crippen molar-refractivity contribution in [2.75, 3.05) is 0 Å². The van der Waals surface area contributed by atoms with E-state index in [0.717, 1.165) is 0 Å². The largest absolute Gasteiger partial charge is 0.392 e. The number of rotatable bonds is 3. The van der Waals surface area contributed by atoms with Gasteiger partial charge in [-0.1, -0.05) is 29.8 Å². The van der Waals surface area contributed by atoms with Gasteiger partial charge >= 0.3 is 7.60 Å². The Morgan fingerprint density at radius 1 is 1.45 bits per heavy atom. The van der Waals surface area contributed by atoms with Crippen molar-refractivity contribution >= 4 is 29.1 Å². The Hall–Kier alpha value is 0.300. The Morgan fingerprint density at radius 2 is 1.82 bits per heavy atom. The Morgan fingerprint density at radius 3 is 1.91 bits per heavy atom. The molecular weight excluding hydrogens is 235 g/mol. The zero-order chi connectivity index (χ0) is 9.23. The number of alkyl halides is 1. The van der Waals surface area contributed by atoms with Gasteiger partial charge in [-0.25, -0.2) is 0 Å². The van der Waals surface area contributed by atoms with Crippen LogP contribution >= 0.6 is 23.5 Å². The molecule has 0 saturated heterocycles. The molecule has 0 aromatic heterocycles. The standard InChI is InChI=1S/C5H10BrO4P/c1-3(2)4(6)5(7)11(8,9)10/h3-4H,1-2H3,(H2,8,9,10)/t4-/m1/s1. The van der Waals surface area contributed by atoms with Gasteiger partial charge in [-0.2, -0.15) is 0 Å². The van der Waals surface area contributed by atoms with E-state index in [4.69, 9.17) is 9.79 Å². The highest BCUT2D eigenvalue weighted by molar-refractivity contribution is 9.10. The quantitative estimate of drug-likeness (QED) is 0.576. The van der Waals surface area contributed by atoms with Gasteiger partial charge in [-0.3, -0.25) is 9.36 Å². The molecule has 6 heteroatoms. The molecule has 66 valence electrons. The average Bonchev–Trinajstić information content (AvgIpc) is 1.82. The van der Waals surface area contributed by atoms with Crippen molar-refractivity contribution in [2.24, 2.45) is 5.92 Å². The van der Waals surface area contributed by atoms with Crippen LogP contribution < -0.4 is 0 Å². The highest BCUT2D eigenvalue weighted by Crippen LogP contribution is 2.40. The minimum absolute atomic E-state index is 0.116. The van der Waals surface area contributed by atoms with E-state index >= 15 is 0 Å². The average molecular weight is 245 g/mol. The lowest BCUT2D eigenvalue weighted by Gasteiger charge is -2.12. The first-order chi connectivity index (χ1) is 4.76. The molecule has 0 unspecified atom stereocenters. The molecule has 1 atom stereocenters. The molecule has 11 heavy (non-hydrogen) atoms. The van der Waals surface area contributed by atoms with E-state index in [2.05, 4.69) is 15.9 Å². The van der Waals surface area contributed by atoms with E-state index < -0.39 is 17.9 Å². The summed E-state index contributed by atoms with van der Waals surface area (Å²) >= 11 is 2.90. The first kappa shape index (κ1) is 11.3. The zero-order valence-electron chi connectivity index (χ0n) is 6.19. The lowest BCUT2D eigenvalue weighted by molar-refractivity contribution is -0.113. The number of hydrogen-bond donors (Lipinski definition) is 2. The van der Waals surface area contributed by atoms with Crippen LogP contribution in [0, 0.1) is 5.92 Å².